The number of benzene rings is 3. The van der Waals surface area contributed by atoms with Gasteiger partial charge in [0.1, 0.15) is 11.3 Å². The van der Waals surface area contributed by atoms with Crippen LogP contribution in [-0.2, 0) is 9.53 Å². The van der Waals surface area contributed by atoms with Gasteiger partial charge < -0.3 is 14.7 Å². The van der Waals surface area contributed by atoms with Crippen molar-refractivity contribution in [2.24, 2.45) is 0 Å². The molecule has 0 aliphatic rings. The van der Waals surface area contributed by atoms with E-state index < -0.39 is 12.1 Å². The second-order valence-corrected chi connectivity index (χ2v) is 6.15. The molecule has 0 aliphatic carbocycles. The molecule has 0 unspecified atom stereocenters. The van der Waals surface area contributed by atoms with Crippen molar-refractivity contribution in [3.63, 3.8) is 0 Å². The van der Waals surface area contributed by atoms with Crippen molar-refractivity contribution >= 4 is 22.6 Å². The summed E-state index contributed by atoms with van der Waals surface area (Å²) >= 11 is 0. The van der Waals surface area contributed by atoms with Gasteiger partial charge in [0.05, 0.1) is 0 Å². The number of nitrogens with zero attached hydrogens (tertiary/aromatic N) is 1. The smallest absolute Gasteiger partial charge is 0.343 e. The van der Waals surface area contributed by atoms with Crippen LogP contribution in [0.1, 0.15) is 22.0 Å². The Morgan fingerprint density at radius 1 is 0.923 bits per heavy atom. The number of likely N-dealkylation sites (N-methyl/N-ethyl adjacent to an activating group) is 1. The quantitative estimate of drug-likeness (QED) is 0.732. The maximum atomic E-state index is 12.7. The molecule has 0 spiro atoms. The van der Waals surface area contributed by atoms with E-state index in [1.54, 1.807) is 44.4 Å². The van der Waals surface area contributed by atoms with Crippen LogP contribution in [0.15, 0.2) is 66.7 Å². The maximum absolute atomic E-state index is 12.7. The summed E-state index contributed by atoms with van der Waals surface area (Å²) in [4.78, 5) is 26.5. The average Bonchev–Trinajstić information content (AvgIpc) is 2.65. The van der Waals surface area contributed by atoms with Crippen molar-refractivity contribution in [3.05, 3.63) is 77.9 Å². The highest BCUT2D eigenvalue weighted by Crippen LogP contribution is 2.28. The highest BCUT2D eigenvalue weighted by atomic mass is 16.5. The summed E-state index contributed by atoms with van der Waals surface area (Å²) in [6, 6.07) is 19.2. The minimum atomic E-state index is -1.08. The van der Waals surface area contributed by atoms with E-state index in [1.807, 2.05) is 30.3 Å². The van der Waals surface area contributed by atoms with E-state index in [2.05, 4.69) is 0 Å². The topological polar surface area (TPSA) is 66.8 Å². The number of fused-ring (bicyclic) bond motifs is 1. The van der Waals surface area contributed by atoms with Gasteiger partial charge in [-0.2, -0.15) is 0 Å². The molecule has 0 bridgehead atoms. The van der Waals surface area contributed by atoms with Crippen LogP contribution in [0, 0.1) is 0 Å². The number of carbonyl (C=O) groups is 2. The molecule has 5 heteroatoms. The van der Waals surface area contributed by atoms with Gasteiger partial charge in [0.25, 0.3) is 5.91 Å². The minimum Gasteiger partial charge on any atom is -0.507 e. The van der Waals surface area contributed by atoms with Crippen molar-refractivity contribution in [2.45, 2.75) is 6.10 Å². The molecule has 0 radical (unpaired) electrons. The van der Waals surface area contributed by atoms with E-state index in [9.17, 15) is 14.7 Å². The fraction of sp³-hybridized carbons (Fsp3) is 0.143. The average molecular weight is 349 g/mol. The third kappa shape index (κ3) is 3.52. The van der Waals surface area contributed by atoms with Crippen molar-refractivity contribution < 1.29 is 19.4 Å². The standard InChI is InChI=1S/C21H19NO4/c1-22(2)20(24)19(14-8-4-3-5-9-14)26-21(25)17-12-15-10-6-7-11-16(15)13-18(17)23/h3-13,19,23H,1-2H3/t19-/m0/s1. The van der Waals surface area contributed by atoms with Gasteiger partial charge in [0.15, 0.2) is 0 Å². The van der Waals surface area contributed by atoms with E-state index in [4.69, 9.17) is 4.74 Å². The highest BCUT2D eigenvalue weighted by molar-refractivity contribution is 5.99. The molecule has 5 nitrogen and oxygen atoms in total. The van der Waals surface area contributed by atoms with Crippen molar-refractivity contribution in [1.29, 1.82) is 0 Å². The lowest BCUT2D eigenvalue weighted by Gasteiger charge is -2.21. The van der Waals surface area contributed by atoms with Crippen LogP contribution in [0.3, 0.4) is 0 Å². The monoisotopic (exact) mass is 349 g/mol. The first kappa shape index (κ1) is 17.5. The fourth-order valence-corrected chi connectivity index (χ4v) is 2.69. The summed E-state index contributed by atoms with van der Waals surface area (Å²) in [6.45, 7) is 0. The Hall–Kier alpha value is -3.34. The number of ether oxygens (including phenoxy) is 1. The third-order valence-electron chi connectivity index (χ3n) is 4.08. The maximum Gasteiger partial charge on any atom is 0.343 e. The molecular weight excluding hydrogens is 330 g/mol. The molecule has 3 aromatic rings. The second-order valence-electron chi connectivity index (χ2n) is 6.15. The van der Waals surface area contributed by atoms with E-state index in [-0.39, 0.29) is 17.2 Å². The number of amides is 1. The van der Waals surface area contributed by atoms with Crippen molar-refractivity contribution in [1.82, 2.24) is 4.90 Å². The Labute approximate surface area is 151 Å². The first-order chi connectivity index (χ1) is 12.5. The number of aromatic hydroxyl groups is 1. The van der Waals surface area contributed by atoms with Crippen LogP contribution in [0.25, 0.3) is 10.8 Å². The van der Waals surface area contributed by atoms with Gasteiger partial charge in [0, 0.05) is 19.7 Å². The molecule has 0 aromatic heterocycles. The molecule has 1 amide bonds. The predicted octanol–water partition coefficient (Wildman–Crippen LogP) is 3.53. The Morgan fingerprint density at radius 3 is 2.12 bits per heavy atom. The molecule has 3 aromatic carbocycles. The fourth-order valence-electron chi connectivity index (χ4n) is 2.69. The van der Waals surface area contributed by atoms with Gasteiger partial charge >= 0.3 is 5.97 Å². The van der Waals surface area contributed by atoms with Gasteiger partial charge in [0.2, 0.25) is 6.10 Å². The highest BCUT2D eigenvalue weighted by Gasteiger charge is 2.28. The molecule has 0 saturated heterocycles. The van der Waals surface area contributed by atoms with Crippen LogP contribution in [0.4, 0.5) is 0 Å². The van der Waals surface area contributed by atoms with Gasteiger partial charge in [-0.15, -0.1) is 0 Å². The summed E-state index contributed by atoms with van der Waals surface area (Å²) in [6.07, 6.45) is -1.08. The van der Waals surface area contributed by atoms with Crippen LogP contribution in [0.5, 0.6) is 5.75 Å². The lowest BCUT2D eigenvalue weighted by molar-refractivity contribution is -0.138. The number of carbonyl (C=O) groups excluding carboxylic acids is 2. The largest absolute Gasteiger partial charge is 0.507 e. The minimum absolute atomic E-state index is 0.0242. The van der Waals surface area contributed by atoms with E-state index in [0.29, 0.717) is 5.56 Å². The lowest BCUT2D eigenvalue weighted by Crippen LogP contribution is -2.31. The molecule has 0 saturated carbocycles. The van der Waals surface area contributed by atoms with Crippen LogP contribution in [-0.4, -0.2) is 36.0 Å². The Kier molecular flexibility index (Phi) is 4.89. The van der Waals surface area contributed by atoms with Gasteiger partial charge in [-0.05, 0) is 22.9 Å². The molecule has 0 fully saturated rings. The number of rotatable bonds is 4. The van der Waals surface area contributed by atoms with Crippen molar-refractivity contribution in [2.75, 3.05) is 14.1 Å². The summed E-state index contributed by atoms with van der Waals surface area (Å²) in [7, 11) is 3.19. The molecular formula is C21H19NO4. The van der Waals surface area contributed by atoms with E-state index >= 15 is 0 Å². The Morgan fingerprint density at radius 2 is 1.50 bits per heavy atom. The molecule has 1 N–H and O–H groups in total. The van der Waals surface area contributed by atoms with Gasteiger partial charge in [-0.1, -0.05) is 54.6 Å². The Bertz CT molecular complexity index is 951. The summed E-state index contributed by atoms with van der Waals surface area (Å²) < 4.78 is 5.49. The van der Waals surface area contributed by atoms with Crippen LogP contribution < -0.4 is 0 Å². The van der Waals surface area contributed by atoms with Gasteiger partial charge in [-0.25, -0.2) is 4.79 Å². The molecule has 26 heavy (non-hydrogen) atoms. The third-order valence-corrected chi connectivity index (χ3v) is 4.08. The molecule has 0 aliphatic heterocycles. The molecule has 3 rings (SSSR count). The number of esters is 1. The first-order valence-corrected chi connectivity index (χ1v) is 8.16. The number of phenolic OH excluding ortho intramolecular Hbond substituents is 1. The summed E-state index contributed by atoms with van der Waals surface area (Å²) in [5.74, 6) is -1.29. The zero-order chi connectivity index (χ0) is 18.7. The first-order valence-electron chi connectivity index (χ1n) is 8.16. The number of hydrogen-bond acceptors (Lipinski definition) is 4. The van der Waals surface area contributed by atoms with Crippen LogP contribution >= 0.6 is 0 Å². The lowest BCUT2D eigenvalue weighted by atomic mass is 10.1. The normalized spacial score (nSPS) is 11.8. The zero-order valence-corrected chi connectivity index (χ0v) is 14.5. The van der Waals surface area contributed by atoms with Crippen LogP contribution in [0.2, 0.25) is 0 Å². The number of phenols is 1. The SMILES string of the molecule is CN(C)C(=O)[C@@H](OC(=O)c1cc2ccccc2cc1O)c1ccccc1. The molecule has 0 heterocycles. The predicted molar refractivity (Wildman–Crippen MR) is 98.9 cm³/mol. The zero-order valence-electron chi connectivity index (χ0n) is 14.5. The summed E-state index contributed by atoms with van der Waals surface area (Å²) in [5, 5.41) is 11.8. The summed E-state index contributed by atoms with van der Waals surface area (Å²) in [5.41, 5.74) is 0.594. The second kappa shape index (κ2) is 7.27. The number of hydrogen-bond donors (Lipinski definition) is 1. The van der Waals surface area contributed by atoms with Gasteiger partial charge in [-0.3, -0.25) is 4.79 Å². The van der Waals surface area contributed by atoms with E-state index in [0.717, 1.165) is 10.8 Å². The van der Waals surface area contributed by atoms with E-state index in [1.165, 1.54) is 11.0 Å². The Balaban J connectivity index is 1.95. The van der Waals surface area contributed by atoms with Crippen molar-refractivity contribution in [3.8, 4) is 5.75 Å². The molecule has 132 valence electrons. The molecule has 1 atom stereocenters.